The number of fused-ring (bicyclic) bond motifs is 1. The average molecular weight is 408 g/mol. The number of pyridine rings is 1. The van der Waals surface area contributed by atoms with Crippen molar-refractivity contribution in [2.24, 2.45) is 0 Å². The molecule has 1 amide bonds. The van der Waals surface area contributed by atoms with Crippen molar-refractivity contribution in [2.45, 2.75) is 13.0 Å². The molecule has 1 aromatic carbocycles. The highest BCUT2D eigenvalue weighted by atomic mass is 32.1. The fourth-order valence-corrected chi connectivity index (χ4v) is 3.29. The Balaban J connectivity index is 1.62. The molecule has 3 heterocycles. The average Bonchev–Trinajstić information content (AvgIpc) is 3.38. The van der Waals surface area contributed by atoms with E-state index in [1.807, 2.05) is 29.6 Å². The first-order valence-corrected chi connectivity index (χ1v) is 9.55. The number of benzene rings is 1. The van der Waals surface area contributed by atoms with Crippen molar-refractivity contribution in [1.82, 2.24) is 24.9 Å². The fraction of sp³-hybridized carbons (Fsp3) is 0.105. The van der Waals surface area contributed by atoms with E-state index in [0.717, 1.165) is 16.4 Å². The van der Waals surface area contributed by atoms with Crippen LogP contribution in [-0.4, -0.2) is 42.6 Å². The second-order valence-electron chi connectivity index (χ2n) is 6.21. The summed E-state index contributed by atoms with van der Waals surface area (Å²) in [4.78, 5) is 27.6. The van der Waals surface area contributed by atoms with Crippen LogP contribution in [0.2, 0.25) is 0 Å². The molecule has 9 nitrogen and oxygen atoms in total. The normalized spacial score (nSPS) is 11.9. The largest absolute Gasteiger partial charge is 0.480 e. The molecular weight excluding hydrogens is 392 g/mol. The number of carbonyl (C=O) groups is 2. The molecule has 0 fully saturated rings. The Hall–Kier alpha value is -3.79. The van der Waals surface area contributed by atoms with E-state index in [-0.39, 0.29) is 5.56 Å². The first-order valence-electron chi connectivity index (χ1n) is 8.67. The molecule has 0 unspecified atom stereocenters. The Morgan fingerprint density at radius 2 is 1.97 bits per heavy atom. The van der Waals surface area contributed by atoms with Crippen molar-refractivity contribution in [1.29, 1.82) is 0 Å². The quantitative estimate of drug-likeness (QED) is 0.448. The van der Waals surface area contributed by atoms with Gasteiger partial charge in [-0.05, 0) is 43.3 Å². The van der Waals surface area contributed by atoms with Crippen LogP contribution < -0.4 is 10.6 Å². The van der Waals surface area contributed by atoms with Crippen molar-refractivity contribution >= 4 is 39.7 Å². The molecule has 0 radical (unpaired) electrons. The first kappa shape index (κ1) is 18.6. The number of nitrogens with one attached hydrogen (secondary N) is 2. The van der Waals surface area contributed by atoms with Gasteiger partial charge in [0.15, 0.2) is 16.6 Å². The molecule has 146 valence electrons. The summed E-state index contributed by atoms with van der Waals surface area (Å²) in [5, 5.41) is 25.7. The van der Waals surface area contributed by atoms with Crippen LogP contribution in [0.3, 0.4) is 0 Å². The third-order valence-corrected chi connectivity index (χ3v) is 4.91. The number of carboxylic acids is 1. The van der Waals surface area contributed by atoms with Gasteiger partial charge in [-0.3, -0.25) is 14.0 Å². The molecule has 29 heavy (non-hydrogen) atoms. The molecule has 0 aliphatic carbocycles. The van der Waals surface area contributed by atoms with Gasteiger partial charge in [-0.15, -0.1) is 21.5 Å². The number of hydrogen-bond acceptors (Lipinski definition) is 7. The third-order valence-electron chi connectivity index (χ3n) is 4.22. The van der Waals surface area contributed by atoms with Crippen LogP contribution in [0.1, 0.15) is 17.3 Å². The topological polar surface area (TPSA) is 122 Å². The predicted molar refractivity (Wildman–Crippen MR) is 108 cm³/mol. The van der Waals surface area contributed by atoms with Crippen LogP contribution in [0, 0.1) is 0 Å². The minimum absolute atomic E-state index is 0.251. The third kappa shape index (κ3) is 3.78. The summed E-state index contributed by atoms with van der Waals surface area (Å²) in [6, 6.07) is 9.86. The molecule has 0 spiro atoms. The van der Waals surface area contributed by atoms with E-state index in [9.17, 15) is 9.59 Å². The van der Waals surface area contributed by atoms with Crippen molar-refractivity contribution < 1.29 is 14.7 Å². The van der Waals surface area contributed by atoms with Gasteiger partial charge < -0.3 is 15.7 Å². The van der Waals surface area contributed by atoms with E-state index in [1.165, 1.54) is 18.3 Å². The Labute approximate surface area is 169 Å². The number of rotatable bonds is 6. The van der Waals surface area contributed by atoms with Crippen LogP contribution in [0.25, 0.3) is 17.0 Å². The van der Waals surface area contributed by atoms with Crippen LogP contribution in [-0.2, 0) is 4.79 Å². The van der Waals surface area contributed by atoms with E-state index in [4.69, 9.17) is 5.11 Å². The minimum Gasteiger partial charge on any atom is -0.480 e. The molecule has 0 saturated heterocycles. The van der Waals surface area contributed by atoms with Gasteiger partial charge in [0.1, 0.15) is 6.04 Å². The SMILES string of the molecule is C[C@H](NC(=O)c1cccn2c(-c3ccc(Nc4nccs4)cc3)nnc12)C(=O)O. The van der Waals surface area contributed by atoms with E-state index >= 15 is 0 Å². The maximum Gasteiger partial charge on any atom is 0.325 e. The standard InChI is InChI=1S/C19H16N6O3S/c1-11(18(27)28)21-17(26)14-3-2-9-25-15(23-24-16(14)25)12-4-6-13(7-5-12)22-19-20-8-10-29-19/h2-11H,1H3,(H,20,22)(H,21,26)(H,27,28)/t11-/m0/s1. The van der Waals surface area contributed by atoms with Crippen LogP contribution in [0.4, 0.5) is 10.8 Å². The van der Waals surface area contributed by atoms with Gasteiger partial charge in [-0.2, -0.15) is 0 Å². The highest BCUT2D eigenvalue weighted by molar-refractivity contribution is 7.13. The number of carboxylic acid groups (broad SMARTS) is 1. The number of anilines is 2. The number of hydrogen-bond donors (Lipinski definition) is 3. The molecule has 0 saturated carbocycles. The molecule has 0 aliphatic heterocycles. The number of nitrogens with zero attached hydrogens (tertiary/aromatic N) is 4. The molecule has 10 heteroatoms. The fourth-order valence-electron chi connectivity index (χ4n) is 2.74. The molecule has 4 rings (SSSR count). The maximum absolute atomic E-state index is 12.4. The Kier molecular flexibility index (Phi) is 4.92. The predicted octanol–water partition coefficient (Wildman–Crippen LogP) is 2.80. The summed E-state index contributed by atoms with van der Waals surface area (Å²) >= 11 is 1.51. The monoisotopic (exact) mass is 408 g/mol. The molecule has 3 aromatic heterocycles. The lowest BCUT2D eigenvalue weighted by Gasteiger charge is -2.10. The molecule has 0 bridgehead atoms. The zero-order chi connectivity index (χ0) is 20.4. The van der Waals surface area contributed by atoms with Crippen molar-refractivity contribution in [3.05, 3.63) is 59.7 Å². The zero-order valence-electron chi connectivity index (χ0n) is 15.2. The molecule has 1 atom stereocenters. The van der Waals surface area contributed by atoms with Crippen molar-refractivity contribution in [2.75, 3.05) is 5.32 Å². The second kappa shape index (κ2) is 7.68. The van der Waals surface area contributed by atoms with Crippen molar-refractivity contribution in [3.63, 3.8) is 0 Å². The number of aromatic nitrogens is 4. The zero-order valence-corrected chi connectivity index (χ0v) is 16.1. The van der Waals surface area contributed by atoms with Gasteiger partial charge in [0.05, 0.1) is 5.56 Å². The lowest BCUT2D eigenvalue weighted by Crippen LogP contribution is -2.38. The minimum atomic E-state index is -1.11. The van der Waals surface area contributed by atoms with Gasteiger partial charge in [0, 0.05) is 29.0 Å². The summed E-state index contributed by atoms with van der Waals surface area (Å²) in [5.41, 5.74) is 2.31. The molecule has 3 N–H and O–H groups in total. The van der Waals surface area contributed by atoms with Gasteiger partial charge in [0.2, 0.25) is 0 Å². The number of amides is 1. The summed E-state index contributed by atoms with van der Waals surface area (Å²) in [6.07, 6.45) is 3.48. The summed E-state index contributed by atoms with van der Waals surface area (Å²) in [6.45, 7) is 1.40. The molecule has 4 aromatic rings. The Morgan fingerprint density at radius 3 is 2.66 bits per heavy atom. The summed E-state index contributed by atoms with van der Waals surface area (Å²) < 4.78 is 1.70. The van der Waals surface area contributed by atoms with E-state index in [2.05, 4.69) is 25.8 Å². The van der Waals surface area contributed by atoms with Crippen LogP contribution in [0.5, 0.6) is 0 Å². The van der Waals surface area contributed by atoms with Crippen molar-refractivity contribution in [3.8, 4) is 11.4 Å². The van der Waals surface area contributed by atoms with E-state index in [0.29, 0.717) is 11.5 Å². The highest BCUT2D eigenvalue weighted by Gasteiger charge is 2.19. The second-order valence-corrected chi connectivity index (χ2v) is 7.11. The smallest absolute Gasteiger partial charge is 0.325 e. The van der Waals surface area contributed by atoms with E-state index in [1.54, 1.807) is 28.9 Å². The number of aliphatic carboxylic acids is 1. The lowest BCUT2D eigenvalue weighted by atomic mass is 10.2. The van der Waals surface area contributed by atoms with Gasteiger partial charge >= 0.3 is 5.97 Å². The Morgan fingerprint density at radius 1 is 1.17 bits per heavy atom. The van der Waals surface area contributed by atoms with Crippen LogP contribution >= 0.6 is 11.3 Å². The highest BCUT2D eigenvalue weighted by Crippen LogP contribution is 2.24. The summed E-state index contributed by atoms with van der Waals surface area (Å²) in [5.74, 6) is -1.06. The molecular formula is C19H16N6O3S. The van der Waals surface area contributed by atoms with Gasteiger partial charge in [0.25, 0.3) is 5.91 Å². The number of thiazole rings is 1. The van der Waals surface area contributed by atoms with E-state index < -0.39 is 17.9 Å². The van der Waals surface area contributed by atoms with Gasteiger partial charge in [-0.25, -0.2) is 4.98 Å². The van der Waals surface area contributed by atoms with Gasteiger partial charge in [-0.1, -0.05) is 0 Å². The molecule has 0 aliphatic rings. The van der Waals surface area contributed by atoms with Crippen LogP contribution in [0.15, 0.2) is 54.2 Å². The maximum atomic E-state index is 12.4. The summed E-state index contributed by atoms with van der Waals surface area (Å²) in [7, 11) is 0. The Bertz CT molecular complexity index is 1170. The lowest BCUT2D eigenvalue weighted by molar-refractivity contribution is -0.138. The number of carbonyl (C=O) groups excluding carboxylic acids is 1. The first-order chi connectivity index (χ1) is 14.0.